The number of aromatic nitrogens is 1. The number of rotatable bonds is 6. The number of aliphatic hydroxyl groups is 1. The highest BCUT2D eigenvalue weighted by Crippen LogP contribution is 2.12. The van der Waals surface area contributed by atoms with Crippen LogP contribution in [-0.4, -0.2) is 33.3 Å². The summed E-state index contributed by atoms with van der Waals surface area (Å²) in [6.45, 7) is -0.181. The number of nitrogens with zero attached hydrogens (tertiary/aromatic N) is 1. The van der Waals surface area contributed by atoms with Gasteiger partial charge < -0.3 is 20.1 Å². The van der Waals surface area contributed by atoms with Gasteiger partial charge in [0.2, 0.25) is 0 Å². The first kappa shape index (κ1) is 14.8. The third-order valence-electron chi connectivity index (χ3n) is 2.98. The van der Waals surface area contributed by atoms with Crippen molar-refractivity contribution in [2.45, 2.75) is 13.0 Å². The highest BCUT2D eigenvalue weighted by atomic mass is 16.4. The quantitative estimate of drug-likeness (QED) is 0.748. The predicted octanol–water partition coefficient (Wildman–Crippen LogP) is 1.36. The van der Waals surface area contributed by atoms with E-state index in [-0.39, 0.29) is 24.8 Å². The van der Waals surface area contributed by atoms with Crippen LogP contribution in [0.15, 0.2) is 42.6 Å². The molecule has 2 aromatic rings. The minimum atomic E-state index is -1.01. The molecule has 0 aliphatic rings. The van der Waals surface area contributed by atoms with Crippen LogP contribution in [0.4, 0.5) is 5.69 Å². The first-order valence-electron chi connectivity index (χ1n) is 6.48. The molecular weight excluding hydrogens is 272 g/mol. The molecule has 0 fully saturated rings. The zero-order valence-corrected chi connectivity index (χ0v) is 11.3. The van der Waals surface area contributed by atoms with Crippen molar-refractivity contribution in [1.29, 1.82) is 0 Å². The van der Waals surface area contributed by atoms with Gasteiger partial charge in [0.15, 0.2) is 0 Å². The topological polar surface area (TPSA) is 91.6 Å². The van der Waals surface area contributed by atoms with Gasteiger partial charge in [-0.3, -0.25) is 9.59 Å². The third-order valence-corrected chi connectivity index (χ3v) is 2.98. The number of carbonyl (C=O) groups excluding carboxylic acids is 1. The number of hydrogen-bond acceptors (Lipinski definition) is 3. The fourth-order valence-electron chi connectivity index (χ4n) is 1.98. The first-order valence-corrected chi connectivity index (χ1v) is 6.48. The Morgan fingerprint density at radius 3 is 2.48 bits per heavy atom. The molecular formula is C15H16N2O4. The number of hydrogen-bond donors (Lipinski definition) is 3. The van der Waals surface area contributed by atoms with Crippen LogP contribution in [0, 0.1) is 0 Å². The fourth-order valence-corrected chi connectivity index (χ4v) is 1.98. The number of anilines is 1. The summed E-state index contributed by atoms with van der Waals surface area (Å²) in [5.74, 6) is -1.37. The van der Waals surface area contributed by atoms with Crippen molar-refractivity contribution in [3.05, 3.63) is 53.9 Å². The predicted molar refractivity (Wildman–Crippen MR) is 77.3 cm³/mol. The molecule has 3 N–H and O–H groups in total. The van der Waals surface area contributed by atoms with Crippen molar-refractivity contribution < 1.29 is 19.8 Å². The van der Waals surface area contributed by atoms with Gasteiger partial charge in [-0.25, -0.2) is 0 Å². The van der Waals surface area contributed by atoms with Crippen molar-refractivity contribution in [2.75, 3.05) is 11.9 Å². The Hall–Kier alpha value is -2.60. The van der Waals surface area contributed by atoms with E-state index in [2.05, 4.69) is 5.32 Å². The standard InChI is InChI=1S/C15H16N2O4/c18-9-7-11-3-5-12(6-4-11)16-15(21)13-2-1-8-17(13)10-14(19)20/h1-6,8,18H,7,9-10H2,(H,16,21)(H,19,20). The monoisotopic (exact) mass is 288 g/mol. The van der Waals surface area contributed by atoms with E-state index >= 15 is 0 Å². The van der Waals surface area contributed by atoms with E-state index in [0.29, 0.717) is 12.1 Å². The van der Waals surface area contributed by atoms with Gasteiger partial charge in [-0.15, -0.1) is 0 Å². The van der Waals surface area contributed by atoms with E-state index in [1.165, 1.54) is 4.57 Å². The summed E-state index contributed by atoms with van der Waals surface area (Å²) in [4.78, 5) is 22.8. The van der Waals surface area contributed by atoms with Gasteiger partial charge in [0.1, 0.15) is 12.2 Å². The molecule has 1 heterocycles. The molecule has 6 heteroatoms. The highest BCUT2D eigenvalue weighted by Gasteiger charge is 2.12. The summed E-state index contributed by atoms with van der Waals surface area (Å²) in [5, 5.41) is 20.3. The minimum absolute atomic E-state index is 0.0778. The summed E-state index contributed by atoms with van der Waals surface area (Å²) in [5.41, 5.74) is 1.88. The number of carboxylic acids is 1. The molecule has 0 aliphatic carbocycles. The summed E-state index contributed by atoms with van der Waals surface area (Å²) < 4.78 is 1.37. The Morgan fingerprint density at radius 2 is 1.86 bits per heavy atom. The fraction of sp³-hybridized carbons (Fsp3) is 0.200. The highest BCUT2D eigenvalue weighted by molar-refractivity contribution is 6.03. The van der Waals surface area contributed by atoms with Crippen LogP contribution in [-0.2, 0) is 17.8 Å². The molecule has 2 rings (SSSR count). The second-order valence-corrected chi connectivity index (χ2v) is 4.54. The average molecular weight is 288 g/mol. The van der Waals surface area contributed by atoms with E-state index in [1.807, 2.05) is 12.1 Å². The molecule has 0 unspecified atom stereocenters. The van der Waals surface area contributed by atoms with Crippen LogP contribution in [0.25, 0.3) is 0 Å². The smallest absolute Gasteiger partial charge is 0.323 e. The molecule has 0 aliphatic heterocycles. The number of benzene rings is 1. The average Bonchev–Trinajstić information content (AvgIpc) is 2.88. The van der Waals surface area contributed by atoms with Gasteiger partial charge in [-0.2, -0.15) is 0 Å². The molecule has 110 valence electrons. The number of aliphatic carboxylic acids is 1. The summed E-state index contributed by atoms with van der Waals surface area (Å²) in [6, 6.07) is 10.3. The van der Waals surface area contributed by atoms with Crippen LogP contribution in [0.2, 0.25) is 0 Å². The summed E-state index contributed by atoms with van der Waals surface area (Å²) in [7, 11) is 0. The molecule has 1 aromatic heterocycles. The zero-order valence-electron chi connectivity index (χ0n) is 11.3. The summed E-state index contributed by atoms with van der Waals surface area (Å²) >= 11 is 0. The molecule has 0 bridgehead atoms. The number of aliphatic hydroxyl groups excluding tert-OH is 1. The number of carbonyl (C=O) groups is 2. The van der Waals surface area contributed by atoms with Crippen molar-refractivity contribution in [1.82, 2.24) is 4.57 Å². The lowest BCUT2D eigenvalue weighted by atomic mass is 10.1. The lowest BCUT2D eigenvalue weighted by molar-refractivity contribution is -0.137. The molecule has 0 spiro atoms. The Labute approximate surface area is 121 Å². The van der Waals surface area contributed by atoms with Crippen molar-refractivity contribution in [3.63, 3.8) is 0 Å². The molecule has 1 aromatic carbocycles. The second-order valence-electron chi connectivity index (χ2n) is 4.54. The molecule has 0 saturated carbocycles. The Bertz CT molecular complexity index is 631. The molecule has 0 atom stereocenters. The van der Waals surface area contributed by atoms with Crippen molar-refractivity contribution >= 4 is 17.6 Å². The summed E-state index contributed by atoms with van der Waals surface area (Å²) in [6.07, 6.45) is 2.11. The number of nitrogens with one attached hydrogen (secondary N) is 1. The molecule has 0 saturated heterocycles. The van der Waals surface area contributed by atoms with Crippen LogP contribution in [0.1, 0.15) is 16.1 Å². The van der Waals surface area contributed by atoms with E-state index in [0.717, 1.165) is 5.56 Å². The van der Waals surface area contributed by atoms with Gasteiger partial charge in [0.05, 0.1) is 0 Å². The van der Waals surface area contributed by atoms with E-state index < -0.39 is 5.97 Å². The van der Waals surface area contributed by atoms with E-state index in [4.69, 9.17) is 10.2 Å². The number of carboxylic acid groups (broad SMARTS) is 1. The maximum atomic E-state index is 12.1. The van der Waals surface area contributed by atoms with Gasteiger partial charge in [0, 0.05) is 18.5 Å². The zero-order chi connectivity index (χ0) is 15.2. The SMILES string of the molecule is O=C(O)Cn1cccc1C(=O)Nc1ccc(CCO)cc1. The Balaban J connectivity index is 2.07. The van der Waals surface area contributed by atoms with Crippen LogP contribution in [0.3, 0.4) is 0 Å². The molecule has 6 nitrogen and oxygen atoms in total. The Kier molecular flexibility index (Phi) is 4.73. The molecule has 21 heavy (non-hydrogen) atoms. The van der Waals surface area contributed by atoms with Crippen LogP contribution >= 0.6 is 0 Å². The Morgan fingerprint density at radius 1 is 1.14 bits per heavy atom. The van der Waals surface area contributed by atoms with Crippen LogP contribution in [0.5, 0.6) is 0 Å². The van der Waals surface area contributed by atoms with Gasteiger partial charge in [-0.05, 0) is 36.2 Å². The molecule has 0 radical (unpaired) electrons. The third kappa shape index (κ3) is 3.93. The lowest BCUT2D eigenvalue weighted by Gasteiger charge is -2.08. The van der Waals surface area contributed by atoms with Crippen molar-refractivity contribution in [3.8, 4) is 0 Å². The molecule has 1 amide bonds. The number of amides is 1. The van der Waals surface area contributed by atoms with Crippen LogP contribution < -0.4 is 5.32 Å². The van der Waals surface area contributed by atoms with E-state index in [9.17, 15) is 9.59 Å². The maximum Gasteiger partial charge on any atom is 0.323 e. The second kappa shape index (κ2) is 6.71. The van der Waals surface area contributed by atoms with Gasteiger partial charge >= 0.3 is 5.97 Å². The normalized spacial score (nSPS) is 10.3. The maximum absolute atomic E-state index is 12.1. The minimum Gasteiger partial charge on any atom is -0.480 e. The van der Waals surface area contributed by atoms with Crippen molar-refractivity contribution in [2.24, 2.45) is 0 Å². The lowest BCUT2D eigenvalue weighted by Crippen LogP contribution is -2.19. The largest absolute Gasteiger partial charge is 0.480 e. The van der Waals surface area contributed by atoms with Gasteiger partial charge in [-0.1, -0.05) is 12.1 Å². The van der Waals surface area contributed by atoms with E-state index in [1.54, 1.807) is 30.5 Å². The first-order chi connectivity index (χ1) is 10.1. The van der Waals surface area contributed by atoms with Gasteiger partial charge in [0.25, 0.3) is 5.91 Å².